The Balaban J connectivity index is 1.88. The molecule has 0 radical (unpaired) electrons. The van der Waals surface area contributed by atoms with E-state index in [2.05, 4.69) is 67.1 Å². The molecular weight excluding hydrogens is 294 g/mol. The van der Waals surface area contributed by atoms with Gasteiger partial charge in [-0.3, -0.25) is 0 Å². The monoisotopic (exact) mass is 321 g/mol. The van der Waals surface area contributed by atoms with Crippen LogP contribution in [0, 0.1) is 0 Å². The zero-order chi connectivity index (χ0) is 14.7. The second kappa shape index (κ2) is 7.43. The summed E-state index contributed by atoms with van der Waals surface area (Å²) in [5, 5.41) is 5.16. The average molecular weight is 322 g/mol. The first-order valence-corrected chi connectivity index (χ1v) is 10.4. The van der Waals surface area contributed by atoms with E-state index in [1.807, 2.05) is 0 Å². The summed E-state index contributed by atoms with van der Waals surface area (Å²) >= 11 is 4.37. The topological polar surface area (TPSA) is 12.0 Å². The number of hydrogen-bond donors (Lipinski definition) is 1. The normalized spacial score (nSPS) is 28.1. The molecule has 3 rings (SSSR count). The fourth-order valence-electron chi connectivity index (χ4n) is 3.63. The molecule has 116 valence electrons. The molecule has 0 amide bonds. The highest BCUT2D eigenvalue weighted by Crippen LogP contribution is 2.44. The summed E-state index contributed by atoms with van der Waals surface area (Å²) in [6, 6.07) is 9.71. The molecule has 21 heavy (non-hydrogen) atoms. The van der Waals surface area contributed by atoms with Gasteiger partial charge in [0.25, 0.3) is 0 Å². The largest absolute Gasteiger partial charge is 0.312 e. The fourth-order valence-corrected chi connectivity index (χ4v) is 6.91. The molecule has 1 aliphatic heterocycles. The van der Waals surface area contributed by atoms with Gasteiger partial charge in [0.2, 0.25) is 0 Å². The van der Waals surface area contributed by atoms with Gasteiger partial charge in [0.15, 0.2) is 0 Å². The van der Waals surface area contributed by atoms with Crippen LogP contribution in [0.5, 0.6) is 0 Å². The Kier molecular flexibility index (Phi) is 5.58. The fraction of sp³-hybridized carbons (Fsp3) is 0.667. The predicted octanol–water partition coefficient (Wildman–Crippen LogP) is 4.84. The smallest absolute Gasteiger partial charge is 0.0451 e. The molecule has 1 aromatic rings. The van der Waals surface area contributed by atoms with Gasteiger partial charge in [-0.25, -0.2) is 0 Å². The number of hydrogen-bond acceptors (Lipinski definition) is 3. The van der Waals surface area contributed by atoms with Crippen LogP contribution in [0.1, 0.15) is 55.7 Å². The summed E-state index contributed by atoms with van der Waals surface area (Å²) in [6.07, 6.45) is 5.47. The Morgan fingerprint density at radius 1 is 1.19 bits per heavy atom. The van der Waals surface area contributed by atoms with Crippen molar-refractivity contribution in [3.05, 3.63) is 35.4 Å². The van der Waals surface area contributed by atoms with Crippen molar-refractivity contribution < 1.29 is 0 Å². The zero-order valence-electron chi connectivity index (χ0n) is 13.2. The van der Waals surface area contributed by atoms with Crippen molar-refractivity contribution in [1.82, 2.24) is 5.32 Å². The standard InChI is InChI=1S/C18H27NS2/c1-3-16-18(21-12-11-20-16)17(19-2)15-10-5-4-9-14(15)13-7-6-8-13/h4-5,9-10,13,16-19H,3,6-8,11-12H2,1-2H3. The lowest BCUT2D eigenvalue weighted by atomic mass is 9.76. The van der Waals surface area contributed by atoms with E-state index in [9.17, 15) is 0 Å². The van der Waals surface area contributed by atoms with Gasteiger partial charge < -0.3 is 5.32 Å². The SMILES string of the molecule is CCC1SCCSC1C(NC)c1ccccc1C1CCC1. The minimum atomic E-state index is 0.504. The molecule has 0 spiro atoms. The molecule has 1 heterocycles. The van der Waals surface area contributed by atoms with Crippen molar-refractivity contribution in [2.24, 2.45) is 0 Å². The van der Waals surface area contributed by atoms with Crippen LogP contribution < -0.4 is 5.32 Å². The summed E-state index contributed by atoms with van der Waals surface area (Å²) in [4.78, 5) is 0. The predicted molar refractivity (Wildman–Crippen MR) is 97.6 cm³/mol. The first kappa shape index (κ1) is 15.8. The van der Waals surface area contributed by atoms with Crippen LogP contribution in [0.15, 0.2) is 24.3 Å². The molecule has 3 unspecified atom stereocenters. The van der Waals surface area contributed by atoms with Crippen LogP contribution >= 0.6 is 23.5 Å². The van der Waals surface area contributed by atoms with E-state index in [-0.39, 0.29) is 0 Å². The van der Waals surface area contributed by atoms with Crippen LogP contribution in [0.25, 0.3) is 0 Å². The molecule has 1 nitrogen and oxygen atoms in total. The van der Waals surface area contributed by atoms with Gasteiger partial charge in [0.05, 0.1) is 0 Å². The lowest BCUT2D eigenvalue weighted by molar-refractivity contribution is 0.411. The van der Waals surface area contributed by atoms with E-state index in [0.29, 0.717) is 11.3 Å². The Morgan fingerprint density at radius 2 is 1.95 bits per heavy atom. The molecule has 2 aliphatic rings. The van der Waals surface area contributed by atoms with Gasteiger partial charge in [-0.1, -0.05) is 37.6 Å². The molecule has 0 aromatic heterocycles. The van der Waals surface area contributed by atoms with Crippen LogP contribution in [0.3, 0.4) is 0 Å². The Labute approximate surface area is 138 Å². The summed E-state index contributed by atoms with van der Waals surface area (Å²) in [5.74, 6) is 3.44. The van der Waals surface area contributed by atoms with E-state index >= 15 is 0 Å². The van der Waals surface area contributed by atoms with Gasteiger partial charge in [0, 0.05) is 28.0 Å². The summed E-state index contributed by atoms with van der Waals surface area (Å²) < 4.78 is 0. The van der Waals surface area contributed by atoms with Gasteiger partial charge in [-0.15, -0.1) is 0 Å². The summed E-state index contributed by atoms with van der Waals surface area (Å²) in [6.45, 7) is 2.35. The minimum Gasteiger partial charge on any atom is -0.312 e. The highest BCUT2D eigenvalue weighted by molar-refractivity contribution is 8.07. The van der Waals surface area contributed by atoms with E-state index in [1.165, 1.54) is 37.2 Å². The molecule has 1 aromatic carbocycles. The first-order valence-electron chi connectivity index (χ1n) is 8.34. The van der Waals surface area contributed by atoms with Crippen molar-refractivity contribution in [2.75, 3.05) is 18.6 Å². The highest BCUT2D eigenvalue weighted by Gasteiger charge is 2.34. The average Bonchev–Trinajstić information content (AvgIpc) is 2.48. The Morgan fingerprint density at radius 3 is 2.62 bits per heavy atom. The lowest BCUT2D eigenvalue weighted by Gasteiger charge is -2.38. The van der Waals surface area contributed by atoms with E-state index in [0.717, 1.165) is 11.2 Å². The molecular formula is C18H27NS2. The second-order valence-electron chi connectivity index (χ2n) is 6.18. The van der Waals surface area contributed by atoms with Crippen LogP contribution in [0.2, 0.25) is 0 Å². The molecule has 3 heteroatoms. The van der Waals surface area contributed by atoms with Crippen molar-refractivity contribution >= 4 is 23.5 Å². The molecule has 1 saturated carbocycles. The van der Waals surface area contributed by atoms with Crippen molar-refractivity contribution in [1.29, 1.82) is 0 Å². The molecule has 3 atom stereocenters. The zero-order valence-corrected chi connectivity index (χ0v) is 14.8. The third kappa shape index (κ3) is 3.30. The van der Waals surface area contributed by atoms with Gasteiger partial charge >= 0.3 is 0 Å². The molecule has 1 aliphatic carbocycles. The van der Waals surface area contributed by atoms with Crippen LogP contribution in [0.4, 0.5) is 0 Å². The van der Waals surface area contributed by atoms with Crippen molar-refractivity contribution in [3.63, 3.8) is 0 Å². The molecule has 2 fully saturated rings. The van der Waals surface area contributed by atoms with Crippen molar-refractivity contribution in [2.45, 2.75) is 55.1 Å². The maximum atomic E-state index is 3.66. The van der Waals surface area contributed by atoms with Gasteiger partial charge in [-0.05, 0) is 43.4 Å². The number of rotatable bonds is 5. The Hall–Kier alpha value is -0.120. The Bertz CT molecular complexity index is 458. The maximum Gasteiger partial charge on any atom is 0.0451 e. The second-order valence-corrected chi connectivity index (χ2v) is 8.81. The summed E-state index contributed by atoms with van der Waals surface area (Å²) in [7, 11) is 2.15. The van der Waals surface area contributed by atoms with Crippen LogP contribution in [-0.2, 0) is 0 Å². The quantitative estimate of drug-likeness (QED) is 0.833. The van der Waals surface area contributed by atoms with Gasteiger partial charge in [-0.2, -0.15) is 23.5 Å². The van der Waals surface area contributed by atoms with Crippen LogP contribution in [-0.4, -0.2) is 29.1 Å². The van der Waals surface area contributed by atoms with E-state index < -0.39 is 0 Å². The third-order valence-corrected chi connectivity index (χ3v) is 8.36. The van der Waals surface area contributed by atoms with Gasteiger partial charge in [0.1, 0.15) is 0 Å². The summed E-state index contributed by atoms with van der Waals surface area (Å²) in [5.41, 5.74) is 3.19. The maximum absolute atomic E-state index is 3.66. The molecule has 0 bridgehead atoms. The lowest BCUT2D eigenvalue weighted by Crippen LogP contribution is -2.38. The molecule has 1 N–H and O–H groups in total. The number of nitrogens with one attached hydrogen (secondary N) is 1. The number of thioether (sulfide) groups is 2. The minimum absolute atomic E-state index is 0.504. The first-order chi connectivity index (χ1) is 10.3. The third-order valence-electron chi connectivity index (χ3n) is 5.01. The van der Waals surface area contributed by atoms with E-state index in [1.54, 1.807) is 11.1 Å². The highest BCUT2D eigenvalue weighted by atomic mass is 32.2. The van der Waals surface area contributed by atoms with Crippen molar-refractivity contribution in [3.8, 4) is 0 Å². The number of benzene rings is 1. The molecule has 1 saturated heterocycles. The van der Waals surface area contributed by atoms with E-state index in [4.69, 9.17) is 0 Å².